The number of nitrogens with one attached hydrogen (secondary N) is 1. The van der Waals surface area contributed by atoms with E-state index in [9.17, 15) is 9.59 Å². The average molecular weight is 548 g/mol. The van der Waals surface area contributed by atoms with Crippen molar-refractivity contribution in [3.05, 3.63) is 62.5 Å². The van der Waals surface area contributed by atoms with Gasteiger partial charge in [-0.3, -0.25) is 15.0 Å². The number of aryl methyl sites for hydroxylation is 1. The van der Waals surface area contributed by atoms with Crippen LogP contribution < -0.4 is 10.3 Å². The molecule has 0 bridgehead atoms. The molecule has 1 amide bonds. The molecule has 4 heterocycles. The predicted molar refractivity (Wildman–Crippen MR) is 149 cm³/mol. The minimum Gasteiger partial charge on any atom is -0.487 e. The van der Waals surface area contributed by atoms with E-state index in [0.29, 0.717) is 27.5 Å². The van der Waals surface area contributed by atoms with Crippen molar-refractivity contribution < 1.29 is 9.53 Å². The molecule has 0 spiro atoms. The number of rotatable bonds is 6. The van der Waals surface area contributed by atoms with Gasteiger partial charge in [-0.25, -0.2) is 4.98 Å². The van der Waals surface area contributed by atoms with Crippen LogP contribution in [0.3, 0.4) is 0 Å². The molecule has 3 aromatic rings. The highest BCUT2D eigenvalue weighted by Gasteiger charge is 2.37. The van der Waals surface area contributed by atoms with Gasteiger partial charge in [-0.05, 0) is 54.8 Å². The highest BCUT2D eigenvalue weighted by atomic mass is 32.2. The molecule has 1 saturated carbocycles. The Morgan fingerprint density at radius 1 is 1.16 bits per heavy atom. The van der Waals surface area contributed by atoms with E-state index in [1.165, 1.54) is 58.0 Å². The number of amidine groups is 2. The number of ether oxygens (including phenoxy) is 1. The zero-order valence-electron chi connectivity index (χ0n) is 20.7. The molecule has 1 aromatic carbocycles. The van der Waals surface area contributed by atoms with Crippen molar-refractivity contribution in [2.45, 2.75) is 52.1 Å². The number of aromatic nitrogens is 3. The van der Waals surface area contributed by atoms with E-state index in [0.717, 1.165) is 34.9 Å². The molecule has 10 nitrogen and oxygen atoms in total. The maximum atomic E-state index is 12.8. The van der Waals surface area contributed by atoms with E-state index in [2.05, 4.69) is 20.2 Å². The van der Waals surface area contributed by atoms with Crippen molar-refractivity contribution >= 4 is 56.1 Å². The number of nitrogens with zero attached hydrogens (tertiary/aromatic N) is 6. The van der Waals surface area contributed by atoms with Crippen LogP contribution >= 0.6 is 23.1 Å². The van der Waals surface area contributed by atoms with E-state index >= 15 is 0 Å². The fraction of sp³-hybridized carbons (Fsp3) is 0.346. The van der Waals surface area contributed by atoms with Crippen LogP contribution in [0.2, 0.25) is 0 Å². The Morgan fingerprint density at radius 2 is 1.95 bits per heavy atom. The zero-order valence-corrected chi connectivity index (χ0v) is 22.3. The van der Waals surface area contributed by atoms with Crippen LogP contribution in [0.5, 0.6) is 5.75 Å². The van der Waals surface area contributed by atoms with Crippen molar-refractivity contribution in [2.75, 3.05) is 0 Å². The Morgan fingerprint density at radius 3 is 2.71 bits per heavy atom. The van der Waals surface area contributed by atoms with Gasteiger partial charge in [0.25, 0.3) is 11.5 Å². The lowest BCUT2D eigenvalue weighted by Gasteiger charge is -2.20. The second kappa shape index (κ2) is 10.3. The van der Waals surface area contributed by atoms with Gasteiger partial charge < -0.3 is 4.74 Å². The van der Waals surface area contributed by atoms with Gasteiger partial charge in [0.15, 0.2) is 5.84 Å². The molecule has 0 unspecified atom stereocenters. The van der Waals surface area contributed by atoms with E-state index in [1.54, 1.807) is 30.3 Å². The van der Waals surface area contributed by atoms with Crippen molar-refractivity contribution in [3.8, 4) is 5.75 Å². The molecule has 2 aliphatic heterocycles. The van der Waals surface area contributed by atoms with Crippen LogP contribution in [0.1, 0.15) is 55.3 Å². The third-order valence-corrected chi connectivity index (χ3v) is 8.77. The summed E-state index contributed by atoms with van der Waals surface area (Å²) in [5.41, 5.74) is 1.23. The van der Waals surface area contributed by atoms with Crippen LogP contribution in [0, 0.1) is 11.3 Å². The molecular formula is C26H25N7O3S2. The minimum atomic E-state index is -0.434. The molecule has 6 rings (SSSR count). The van der Waals surface area contributed by atoms with E-state index in [-0.39, 0.29) is 23.6 Å². The van der Waals surface area contributed by atoms with Crippen LogP contribution in [0.15, 0.2) is 50.8 Å². The number of fused-ring (bicyclic) bond motifs is 2. The molecule has 194 valence electrons. The lowest BCUT2D eigenvalue weighted by molar-refractivity contribution is -0.114. The van der Waals surface area contributed by atoms with Crippen molar-refractivity contribution in [2.24, 2.45) is 16.0 Å². The van der Waals surface area contributed by atoms with E-state index < -0.39 is 5.91 Å². The maximum Gasteiger partial charge on any atom is 0.283 e. The summed E-state index contributed by atoms with van der Waals surface area (Å²) >= 11 is 2.81. The number of hydrogen-bond acceptors (Lipinski definition) is 9. The fourth-order valence-corrected chi connectivity index (χ4v) is 6.54. The quantitative estimate of drug-likeness (QED) is 0.451. The predicted octanol–water partition coefficient (Wildman–Crippen LogP) is 4.49. The van der Waals surface area contributed by atoms with Gasteiger partial charge >= 0.3 is 0 Å². The summed E-state index contributed by atoms with van der Waals surface area (Å²) in [7, 11) is 0. The summed E-state index contributed by atoms with van der Waals surface area (Å²) in [4.78, 5) is 34.3. The van der Waals surface area contributed by atoms with Gasteiger partial charge in [0.05, 0.1) is 11.3 Å². The van der Waals surface area contributed by atoms with Crippen LogP contribution in [-0.4, -0.2) is 41.6 Å². The number of amides is 1. The highest BCUT2D eigenvalue weighted by Crippen LogP contribution is 2.36. The van der Waals surface area contributed by atoms with Gasteiger partial charge in [0.2, 0.25) is 10.1 Å². The third kappa shape index (κ3) is 4.81. The number of carbonyl (C=O) groups excluding carboxylic acids is 1. The summed E-state index contributed by atoms with van der Waals surface area (Å²) in [5.74, 6) is 0.587. The van der Waals surface area contributed by atoms with Gasteiger partial charge in [0, 0.05) is 12.0 Å². The first-order chi connectivity index (χ1) is 18.5. The van der Waals surface area contributed by atoms with Crippen molar-refractivity contribution in [1.29, 1.82) is 5.41 Å². The molecule has 1 fully saturated rings. The number of aliphatic imine (C=N–C) groups is 1. The number of hydrogen-bond donors (Lipinski definition) is 1. The SMILES string of the molecule is CCc1nn2c(=O)cc(COc3ccc(/C=C4\C(=N)N5N=C(C6CCCCC6)SC5=NC4=O)cc3)nc2s1. The van der Waals surface area contributed by atoms with E-state index in [1.807, 2.05) is 6.92 Å². The molecule has 0 radical (unpaired) electrons. The van der Waals surface area contributed by atoms with Gasteiger partial charge in [-0.15, -0.1) is 0 Å². The Hall–Kier alpha value is -3.64. The number of hydrazone groups is 1. The smallest absolute Gasteiger partial charge is 0.283 e. The van der Waals surface area contributed by atoms with Crippen LogP contribution in [-0.2, 0) is 17.8 Å². The summed E-state index contributed by atoms with van der Waals surface area (Å²) in [5, 5.41) is 21.3. The van der Waals surface area contributed by atoms with E-state index in [4.69, 9.17) is 10.1 Å². The summed E-state index contributed by atoms with van der Waals surface area (Å²) in [6, 6.07) is 8.59. The summed E-state index contributed by atoms with van der Waals surface area (Å²) < 4.78 is 7.15. The number of thioether (sulfide) groups is 1. The summed E-state index contributed by atoms with van der Waals surface area (Å²) in [6.45, 7) is 2.12. The normalized spacial score (nSPS) is 19.2. The molecule has 1 aliphatic carbocycles. The molecule has 0 atom stereocenters. The lowest BCUT2D eigenvalue weighted by Crippen LogP contribution is -2.35. The Bertz CT molecular complexity index is 1580. The zero-order chi connectivity index (χ0) is 26.2. The lowest BCUT2D eigenvalue weighted by atomic mass is 9.90. The van der Waals surface area contributed by atoms with Crippen LogP contribution in [0.25, 0.3) is 11.0 Å². The second-order valence-corrected chi connectivity index (χ2v) is 11.3. The topological polar surface area (TPSA) is 125 Å². The molecule has 12 heteroatoms. The Labute approximate surface area is 226 Å². The molecule has 3 aliphatic rings. The average Bonchev–Trinajstić information content (AvgIpc) is 3.56. The number of carbonyl (C=O) groups is 1. The first-order valence-corrected chi connectivity index (χ1v) is 14.2. The Kier molecular flexibility index (Phi) is 6.66. The summed E-state index contributed by atoms with van der Waals surface area (Å²) in [6.07, 6.45) is 8.22. The monoisotopic (exact) mass is 547 g/mol. The van der Waals surface area contributed by atoms with Gasteiger partial charge in [-0.1, -0.05) is 49.7 Å². The van der Waals surface area contributed by atoms with Gasteiger partial charge in [-0.2, -0.15) is 24.7 Å². The minimum absolute atomic E-state index is 0.0423. The van der Waals surface area contributed by atoms with Crippen molar-refractivity contribution in [1.82, 2.24) is 19.6 Å². The third-order valence-electron chi connectivity index (χ3n) is 6.64. The molecule has 2 aromatic heterocycles. The standard InChI is InChI=1S/C26H25N7O3S2/c1-2-20-30-32-21(34)13-17(28-25(32)37-20)14-36-18-10-8-15(9-11-18)12-19-22(27)33-26(29-23(19)35)38-24(31-33)16-6-4-3-5-7-16/h8-13,16,27H,2-7,14H2,1H3/b19-12+,27-22?. The molecular weight excluding hydrogens is 522 g/mol. The maximum absolute atomic E-state index is 12.8. The fourth-order valence-electron chi connectivity index (χ4n) is 4.62. The molecule has 0 saturated heterocycles. The largest absolute Gasteiger partial charge is 0.487 e. The molecule has 38 heavy (non-hydrogen) atoms. The Balaban J connectivity index is 1.14. The first-order valence-electron chi connectivity index (χ1n) is 12.6. The second-order valence-electron chi connectivity index (χ2n) is 9.28. The highest BCUT2D eigenvalue weighted by molar-refractivity contribution is 8.27. The van der Waals surface area contributed by atoms with Crippen molar-refractivity contribution in [3.63, 3.8) is 0 Å². The first kappa shape index (κ1) is 24.7. The molecule has 1 N–H and O–H groups in total. The van der Waals surface area contributed by atoms with Gasteiger partial charge in [0.1, 0.15) is 22.4 Å². The number of benzene rings is 1. The van der Waals surface area contributed by atoms with Crippen LogP contribution in [0.4, 0.5) is 0 Å².